The average Bonchev–Trinajstić information content (AvgIpc) is 3.07. The van der Waals surface area contributed by atoms with Crippen molar-refractivity contribution in [3.8, 4) is 11.3 Å². The SMILES string of the molecule is CCN(CC(=O)Nc1cccc(-c2csc(C)n2)c1)c1ccccc1. The van der Waals surface area contributed by atoms with E-state index in [0.29, 0.717) is 6.54 Å². The zero-order valence-corrected chi connectivity index (χ0v) is 15.2. The van der Waals surface area contributed by atoms with Gasteiger partial charge in [0.2, 0.25) is 5.91 Å². The Balaban J connectivity index is 1.68. The first-order chi connectivity index (χ1) is 12.2. The fraction of sp³-hybridized carbons (Fsp3) is 0.200. The number of thiazole rings is 1. The van der Waals surface area contributed by atoms with Crippen LogP contribution in [0.5, 0.6) is 0 Å². The smallest absolute Gasteiger partial charge is 0.243 e. The molecule has 0 aliphatic heterocycles. The number of nitrogens with one attached hydrogen (secondary N) is 1. The molecule has 1 heterocycles. The maximum atomic E-state index is 12.4. The number of nitrogens with zero attached hydrogens (tertiary/aromatic N) is 2. The summed E-state index contributed by atoms with van der Waals surface area (Å²) >= 11 is 1.62. The first-order valence-corrected chi connectivity index (χ1v) is 9.16. The minimum absolute atomic E-state index is 0.0303. The molecule has 0 spiro atoms. The Labute approximate surface area is 152 Å². The lowest BCUT2D eigenvalue weighted by molar-refractivity contribution is -0.115. The summed E-state index contributed by atoms with van der Waals surface area (Å²) in [6.07, 6.45) is 0. The zero-order valence-electron chi connectivity index (χ0n) is 14.4. The molecule has 0 radical (unpaired) electrons. The Bertz CT molecular complexity index is 845. The highest BCUT2D eigenvalue weighted by Crippen LogP contribution is 2.24. The lowest BCUT2D eigenvalue weighted by Crippen LogP contribution is -2.33. The van der Waals surface area contributed by atoms with Gasteiger partial charge in [-0.2, -0.15) is 0 Å². The van der Waals surface area contributed by atoms with E-state index in [1.165, 1.54) is 0 Å². The van der Waals surface area contributed by atoms with Gasteiger partial charge in [-0.15, -0.1) is 11.3 Å². The van der Waals surface area contributed by atoms with Crippen LogP contribution in [0.25, 0.3) is 11.3 Å². The van der Waals surface area contributed by atoms with Crippen LogP contribution < -0.4 is 10.2 Å². The topological polar surface area (TPSA) is 45.2 Å². The highest BCUT2D eigenvalue weighted by atomic mass is 32.1. The number of amides is 1. The summed E-state index contributed by atoms with van der Waals surface area (Å²) in [5.41, 5.74) is 3.79. The molecule has 0 fully saturated rings. The molecule has 25 heavy (non-hydrogen) atoms. The van der Waals surface area contributed by atoms with E-state index in [4.69, 9.17) is 0 Å². The van der Waals surface area contributed by atoms with Gasteiger partial charge in [0.15, 0.2) is 0 Å². The Morgan fingerprint density at radius 3 is 2.64 bits per heavy atom. The molecule has 5 heteroatoms. The molecule has 0 aliphatic carbocycles. The third-order valence-corrected chi connectivity index (χ3v) is 4.67. The molecule has 0 saturated heterocycles. The van der Waals surface area contributed by atoms with Crippen LogP contribution in [0.1, 0.15) is 11.9 Å². The van der Waals surface area contributed by atoms with Crippen molar-refractivity contribution in [3.05, 3.63) is 65.0 Å². The van der Waals surface area contributed by atoms with Gasteiger partial charge in [0, 0.05) is 28.9 Å². The fourth-order valence-electron chi connectivity index (χ4n) is 2.65. The van der Waals surface area contributed by atoms with Gasteiger partial charge in [-0.25, -0.2) is 4.98 Å². The standard InChI is InChI=1S/C20H21N3OS/c1-3-23(18-10-5-4-6-11-18)13-20(24)22-17-9-7-8-16(12-17)19-14-25-15(2)21-19/h4-12,14H,3,13H2,1-2H3,(H,22,24). The van der Waals surface area contributed by atoms with E-state index >= 15 is 0 Å². The molecule has 3 aromatic rings. The number of carbonyl (C=O) groups excluding carboxylic acids is 1. The second kappa shape index (κ2) is 7.94. The van der Waals surface area contributed by atoms with E-state index in [9.17, 15) is 4.79 Å². The number of aromatic nitrogens is 1. The van der Waals surface area contributed by atoms with Crippen LogP contribution in [0.3, 0.4) is 0 Å². The van der Waals surface area contributed by atoms with Gasteiger partial charge in [0.1, 0.15) is 0 Å². The Morgan fingerprint density at radius 1 is 1.16 bits per heavy atom. The zero-order chi connectivity index (χ0) is 17.6. The number of carbonyl (C=O) groups is 1. The first kappa shape index (κ1) is 17.2. The van der Waals surface area contributed by atoms with Crippen molar-refractivity contribution in [1.29, 1.82) is 0 Å². The van der Waals surface area contributed by atoms with Crippen LogP contribution in [0.2, 0.25) is 0 Å². The summed E-state index contributed by atoms with van der Waals surface area (Å²) in [5.74, 6) is -0.0303. The Hall–Kier alpha value is -2.66. The largest absolute Gasteiger partial charge is 0.362 e. The van der Waals surface area contributed by atoms with Gasteiger partial charge in [0.05, 0.1) is 17.2 Å². The van der Waals surface area contributed by atoms with Crippen LogP contribution in [0, 0.1) is 6.92 Å². The highest BCUT2D eigenvalue weighted by Gasteiger charge is 2.11. The number of para-hydroxylation sites is 1. The summed E-state index contributed by atoms with van der Waals surface area (Å²) in [6, 6.07) is 17.8. The molecule has 2 aromatic carbocycles. The van der Waals surface area contributed by atoms with Crippen molar-refractivity contribution in [2.75, 3.05) is 23.3 Å². The number of anilines is 2. The molecule has 1 N–H and O–H groups in total. The summed E-state index contributed by atoms with van der Waals surface area (Å²) in [5, 5.41) is 6.05. The maximum absolute atomic E-state index is 12.4. The van der Waals surface area contributed by atoms with E-state index in [1.807, 2.05) is 78.7 Å². The number of aryl methyl sites for hydroxylation is 1. The fourth-order valence-corrected chi connectivity index (χ4v) is 3.27. The molecule has 0 atom stereocenters. The molecule has 0 bridgehead atoms. The van der Waals surface area contributed by atoms with E-state index in [1.54, 1.807) is 11.3 Å². The molecule has 0 aliphatic rings. The normalized spacial score (nSPS) is 10.5. The summed E-state index contributed by atoms with van der Waals surface area (Å²) in [4.78, 5) is 19.0. The second-order valence-corrected chi connectivity index (χ2v) is 6.79. The Kier molecular flexibility index (Phi) is 5.46. The molecular weight excluding hydrogens is 330 g/mol. The van der Waals surface area contributed by atoms with Gasteiger partial charge < -0.3 is 10.2 Å². The minimum atomic E-state index is -0.0303. The molecule has 1 amide bonds. The number of hydrogen-bond acceptors (Lipinski definition) is 4. The van der Waals surface area contributed by atoms with Crippen molar-refractivity contribution in [2.24, 2.45) is 0 Å². The van der Waals surface area contributed by atoms with Crippen LogP contribution >= 0.6 is 11.3 Å². The number of hydrogen-bond donors (Lipinski definition) is 1. The van der Waals surface area contributed by atoms with Crippen molar-refractivity contribution in [2.45, 2.75) is 13.8 Å². The van der Waals surface area contributed by atoms with Crippen LogP contribution in [0.15, 0.2) is 60.0 Å². The van der Waals surface area contributed by atoms with Crippen LogP contribution in [-0.2, 0) is 4.79 Å². The lowest BCUT2D eigenvalue weighted by Gasteiger charge is -2.22. The number of likely N-dealkylation sites (N-methyl/N-ethyl adjacent to an activating group) is 1. The lowest BCUT2D eigenvalue weighted by atomic mass is 10.1. The highest BCUT2D eigenvalue weighted by molar-refractivity contribution is 7.09. The molecule has 0 unspecified atom stereocenters. The predicted molar refractivity (Wildman–Crippen MR) is 105 cm³/mol. The monoisotopic (exact) mass is 351 g/mol. The van der Waals surface area contributed by atoms with E-state index in [0.717, 1.165) is 34.2 Å². The molecular formula is C20H21N3OS. The Morgan fingerprint density at radius 2 is 1.96 bits per heavy atom. The molecule has 0 saturated carbocycles. The summed E-state index contributed by atoms with van der Waals surface area (Å²) in [7, 11) is 0. The number of rotatable bonds is 6. The predicted octanol–water partition coefficient (Wildman–Crippen LogP) is 4.58. The van der Waals surface area contributed by atoms with Gasteiger partial charge in [-0.1, -0.05) is 30.3 Å². The van der Waals surface area contributed by atoms with E-state index < -0.39 is 0 Å². The average molecular weight is 351 g/mol. The third kappa shape index (κ3) is 4.45. The third-order valence-electron chi connectivity index (χ3n) is 3.90. The van der Waals surface area contributed by atoms with E-state index in [-0.39, 0.29) is 5.91 Å². The van der Waals surface area contributed by atoms with Crippen molar-refractivity contribution in [1.82, 2.24) is 4.98 Å². The van der Waals surface area contributed by atoms with Crippen LogP contribution in [0.4, 0.5) is 11.4 Å². The van der Waals surface area contributed by atoms with Gasteiger partial charge in [-0.3, -0.25) is 4.79 Å². The molecule has 1 aromatic heterocycles. The summed E-state index contributed by atoms with van der Waals surface area (Å²) < 4.78 is 0. The van der Waals surface area contributed by atoms with Gasteiger partial charge >= 0.3 is 0 Å². The van der Waals surface area contributed by atoms with Crippen molar-refractivity contribution in [3.63, 3.8) is 0 Å². The van der Waals surface area contributed by atoms with Crippen molar-refractivity contribution < 1.29 is 4.79 Å². The first-order valence-electron chi connectivity index (χ1n) is 8.28. The van der Waals surface area contributed by atoms with Crippen molar-refractivity contribution >= 4 is 28.6 Å². The second-order valence-electron chi connectivity index (χ2n) is 5.73. The summed E-state index contributed by atoms with van der Waals surface area (Å²) in [6.45, 7) is 5.13. The molecule has 128 valence electrons. The quantitative estimate of drug-likeness (QED) is 0.707. The minimum Gasteiger partial charge on any atom is -0.362 e. The van der Waals surface area contributed by atoms with Crippen LogP contribution in [-0.4, -0.2) is 24.0 Å². The molecule has 4 nitrogen and oxygen atoms in total. The maximum Gasteiger partial charge on any atom is 0.243 e. The molecule has 3 rings (SSSR count). The van der Waals surface area contributed by atoms with Gasteiger partial charge in [0.25, 0.3) is 0 Å². The van der Waals surface area contributed by atoms with E-state index in [2.05, 4.69) is 10.3 Å². The number of benzene rings is 2. The van der Waals surface area contributed by atoms with Gasteiger partial charge in [-0.05, 0) is 38.1 Å².